The lowest BCUT2D eigenvalue weighted by atomic mass is 10.6. The predicted molar refractivity (Wildman–Crippen MR) is 35.4 cm³/mol. The van der Waals surface area contributed by atoms with Gasteiger partial charge < -0.3 is 10.6 Å². The molecule has 0 fully saturated rings. The molecule has 3 N–H and O–H groups in total. The molecule has 0 radical (unpaired) electrons. The van der Waals surface area contributed by atoms with Crippen LogP contribution in [0.2, 0.25) is 0 Å². The minimum absolute atomic E-state index is 0.351. The molecule has 4 heteroatoms. The quantitative estimate of drug-likeness (QED) is 0.255. The minimum atomic E-state index is 0.351. The van der Waals surface area contributed by atoms with Crippen molar-refractivity contribution in [1.29, 1.82) is 0 Å². The Balaban J connectivity index is 2.60. The Morgan fingerprint density at radius 2 is 2.11 bits per heavy atom. The van der Waals surface area contributed by atoms with Crippen LogP contribution in [-0.2, 0) is 4.89 Å². The molecule has 4 nitrogen and oxygen atoms in total. The van der Waals surface area contributed by atoms with Crippen molar-refractivity contribution >= 4 is 0 Å². The number of nitrogens with one attached hydrogen (secondary N) is 2. The molecule has 0 aliphatic carbocycles. The average molecular weight is 134 g/mol. The third-order valence-electron chi connectivity index (χ3n) is 0.922. The van der Waals surface area contributed by atoms with Crippen molar-refractivity contribution in [3.63, 3.8) is 0 Å². The molecule has 0 aliphatic rings. The van der Waals surface area contributed by atoms with E-state index in [0.29, 0.717) is 13.2 Å². The number of hydrogen-bond acceptors (Lipinski definition) is 4. The van der Waals surface area contributed by atoms with Crippen LogP contribution in [0.4, 0.5) is 0 Å². The summed E-state index contributed by atoms with van der Waals surface area (Å²) in [5.74, 6) is 0. The molecule has 0 aromatic heterocycles. The van der Waals surface area contributed by atoms with Gasteiger partial charge in [-0.1, -0.05) is 0 Å². The first-order valence-electron chi connectivity index (χ1n) is 3.03. The van der Waals surface area contributed by atoms with Crippen LogP contribution in [0, 0.1) is 0 Å². The fraction of sp³-hybridized carbons (Fsp3) is 1.00. The van der Waals surface area contributed by atoms with E-state index < -0.39 is 0 Å². The summed E-state index contributed by atoms with van der Waals surface area (Å²) in [6, 6.07) is 0. The molecule has 0 saturated heterocycles. The van der Waals surface area contributed by atoms with Crippen molar-refractivity contribution in [3.8, 4) is 0 Å². The molecule has 0 unspecified atom stereocenters. The summed E-state index contributed by atoms with van der Waals surface area (Å²) >= 11 is 0. The van der Waals surface area contributed by atoms with E-state index in [9.17, 15) is 0 Å². The van der Waals surface area contributed by atoms with E-state index in [1.165, 1.54) is 0 Å². The summed E-state index contributed by atoms with van der Waals surface area (Å²) in [5.41, 5.74) is 0. The monoisotopic (exact) mass is 134 g/mol. The highest BCUT2D eigenvalue weighted by molar-refractivity contribution is 4.46. The van der Waals surface area contributed by atoms with E-state index in [2.05, 4.69) is 15.5 Å². The lowest BCUT2D eigenvalue weighted by Gasteiger charge is -2.00. The molecule has 56 valence electrons. The maximum absolute atomic E-state index is 7.87. The van der Waals surface area contributed by atoms with Crippen LogP contribution in [0.15, 0.2) is 0 Å². The van der Waals surface area contributed by atoms with Crippen LogP contribution in [0.25, 0.3) is 0 Å². The molecule has 0 spiro atoms. The average Bonchev–Trinajstić information content (AvgIpc) is 1.89. The lowest BCUT2D eigenvalue weighted by molar-refractivity contribution is -0.240. The van der Waals surface area contributed by atoms with Gasteiger partial charge >= 0.3 is 0 Å². The van der Waals surface area contributed by atoms with Gasteiger partial charge in [0.1, 0.15) is 0 Å². The standard InChI is InChI=1S/C5H14N2O2/c1-6-2-3-7-4-5-9-8/h6-8H,2-5H2,1H3. The van der Waals surface area contributed by atoms with E-state index >= 15 is 0 Å². The first kappa shape index (κ1) is 8.84. The zero-order chi connectivity index (χ0) is 6.95. The topological polar surface area (TPSA) is 53.5 Å². The molecule has 0 heterocycles. The SMILES string of the molecule is CNCCNCCOO. The van der Waals surface area contributed by atoms with Crippen molar-refractivity contribution in [3.05, 3.63) is 0 Å². The molecule has 0 amide bonds. The van der Waals surface area contributed by atoms with Gasteiger partial charge in [-0.3, -0.25) is 5.26 Å². The fourth-order valence-electron chi connectivity index (χ4n) is 0.456. The van der Waals surface area contributed by atoms with Crippen molar-refractivity contribution < 1.29 is 10.1 Å². The van der Waals surface area contributed by atoms with Crippen molar-refractivity contribution in [2.24, 2.45) is 0 Å². The van der Waals surface area contributed by atoms with E-state index in [4.69, 9.17) is 5.26 Å². The molecule has 0 bridgehead atoms. The van der Waals surface area contributed by atoms with Gasteiger partial charge in [-0.05, 0) is 7.05 Å². The lowest BCUT2D eigenvalue weighted by Crippen LogP contribution is -2.27. The molecule has 0 aromatic carbocycles. The van der Waals surface area contributed by atoms with Gasteiger partial charge in [-0.25, -0.2) is 4.89 Å². The Kier molecular flexibility index (Phi) is 7.70. The molecule has 0 aromatic rings. The third kappa shape index (κ3) is 7.84. The van der Waals surface area contributed by atoms with Gasteiger partial charge in [-0.15, -0.1) is 0 Å². The van der Waals surface area contributed by atoms with Crippen LogP contribution in [-0.4, -0.2) is 38.5 Å². The maximum atomic E-state index is 7.87. The zero-order valence-corrected chi connectivity index (χ0v) is 5.68. The second-order valence-electron chi connectivity index (χ2n) is 1.69. The Labute approximate surface area is 55.1 Å². The summed E-state index contributed by atoms with van der Waals surface area (Å²) in [6.07, 6.45) is 0. The van der Waals surface area contributed by atoms with Gasteiger partial charge in [0, 0.05) is 19.6 Å². The first-order chi connectivity index (χ1) is 4.41. The molecular weight excluding hydrogens is 120 g/mol. The largest absolute Gasteiger partial charge is 0.318 e. The minimum Gasteiger partial charge on any atom is -0.318 e. The molecule has 9 heavy (non-hydrogen) atoms. The van der Waals surface area contributed by atoms with Crippen LogP contribution < -0.4 is 10.6 Å². The molecular formula is C5H14N2O2. The Bertz CT molecular complexity index is 46.2. The van der Waals surface area contributed by atoms with Gasteiger partial charge in [0.15, 0.2) is 0 Å². The first-order valence-corrected chi connectivity index (χ1v) is 3.03. The normalized spacial score (nSPS) is 10.0. The van der Waals surface area contributed by atoms with E-state index in [1.807, 2.05) is 7.05 Å². The second kappa shape index (κ2) is 7.84. The van der Waals surface area contributed by atoms with Crippen LogP contribution in [0.3, 0.4) is 0 Å². The third-order valence-corrected chi connectivity index (χ3v) is 0.922. The maximum Gasteiger partial charge on any atom is 0.0944 e. The van der Waals surface area contributed by atoms with Gasteiger partial charge in [-0.2, -0.15) is 0 Å². The molecule has 0 rings (SSSR count). The smallest absolute Gasteiger partial charge is 0.0944 e. The van der Waals surface area contributed by atoms with E-state index in [-0.39, 0.29) is 0 Å². The van der Waals surface area contributed by atoms with Gasteiger partial charge in [0.2, 0.25) is 0 Å². The Morgan fingerprint density at radius 1 is 1.33 bits per heavy atom. The zero-order valence-electron chi connectivity index (χ0n) is 5.68. The van der Waals surface area contributed by atoms with E-state index in [1.54, 1.807) is 0 Å². The highest BCUT2D eigenvalue weighted by atomic mass is 17.1. The van der Waals surface area contributed by atoms with Crippen LogP contribution >= 0.6 is 0 Å². The number of rotatable bonds is 6. The summed E-state index contributed by atoms with van der Waals surface area (Å²) in [5, 5.41) is 13.9. The van der Waals surface area contributed by atoms with Crippen LogP contribution in [0.5, 0.6) is 0 Å². The van der Waals surface area contributed by atoms with Crippen molar-refractivity contribution in [2.45, 2.75) is 0 Å². The Morgan fingerprint density at radius 3 is 2.67 bits per heavy atom. The second-order valence-corrected chi connectivity index (χ2v) is 1.69. The predicted octanol–water partition coefficient (Wildman–Crippen LogP) is -0.715. The highest BCUT2D eigenvalue weighted by Crippen LogP contribution is 1.61. The van der Waals surface area contributed by atoms with Crippen molar-refractivity contribution in [2.75, 3.05) is 33.3 Å². The molecule has 0 atom stereocenters. The summed E-state index contributed by atoms with van der Waals surface area (Å²) < 4.78 is 0. The summed E-state index contributed by atoms with van der Waals surface area (Å²) in [7, 11) is 1.89. The molecule has 0 saturated carbocycles. The fourth-order valence-corrected chi connectivity index (χ4v) is 0.456. The number of hydrogen-bond donors (Lipinski definition) is 3. The molecule has 0 aliphatic heterocycles. The highest BCUT2D eigenvalue weighted by Gasteiger charge is 1.83. The van der Waals surface area contributed by atoms with Gasteiger partial charge in [0.05, 0.1) is 6.61 Å². The number of likely N-dealkylation sites (N-methyl/N-ethyl adjacent to an activating group) is 1. The summed E-state index contributed by atoms with van der Waals surface area (Å²) in [4.78, 5) is 3.84. The van der Waals surface area contributed by atoms with Crippen LogP contribution in [0.1, 0.15) is 0 Å². The van der Waals surface area contributed by atoms with Crippen molar-refractivity contribution in [1.82, 2.24) is 10.6 Å². The Hall–Kier alpha value is -0.160. The van der Waals surface area contributed by atoms with E-state index in [0.717, 1.165) is 13.1 Å². The summed E-state index contributed by atoms with van der Waals surface area (Å²) in [6.45, 7) is 2.88. The van der Waals surface area contributed by atoms with Gasteiger partial charge in [0.25, 0.3) is 0 Å².